The fourth-order valence-electron chi connectivity index (χ4n) is 2.02. The van der Waals surface area contributed by atoms with Crippen LogP contribution < -0.4 is 0 Å². The molecule has 0 atom stereocenters. The number of hydrogen-bond donors (Lipinski definition) is 0. The Bertz CT molecular complexity index is 173. The topological polar surface area (TPSA) is 3.24 Å². The molecule has 0 N–H and O–H groups in total. The summed E-state index contributed by atoms with van der Waals surface area (Å²) < 4.78 is 24.3. The summed E-state index contributed by atoms with van der Waals surface area (Å²) in [5.74, 6) is 0.649. The normalized spacial score (nSPS) is 20.8. The molecule has 1 rings (SSSR count). The van der Waals surface area contributed by atoms with E-state index in [1.807, 2.05) is 18.7 Å². The number of nitrogens with zero attached hydrogens (tertiary/aromatic N) is 1. The van der Waals surface area contributed by atoms with Crippen LogP contribution >= 0.6 is 0 Å². The first-order valence-corrected chi connectivity index (χ1v) is 6.44. The van der Waals surface area contributed by atoms with Gasteiger partial charge < -0.3 is 0 Å². The fraction of sp³-hybridized carbons (Fsp3) is 1.00. The van der Waals surface area contributed by atoms with Gasteiger partial charge in [0.05, 0.1) is 6.54 Å². The second kappa shape index (κ2) is 7.21. The van der Waals surface area contributed by atoms with Crippen LogP contribution in [0.15, 0.2) is 0 Å². The van der Waals surface area contributed by atoms with Crippen LogP contribution in [0.5, 0.6) is 0 Å². The van der Waals surface area contributed by atoms with E-state index in [2.05, 4.69) is 20.8 Å². The van der Waals surface area contributed by atoms with E-state index in [1.54, 1.807) is 0 Å². The quantitative estimate of drug-likeness (QED) is 0.713. The predicted octanol–water partition coefficient (Wildman–Crippen LogP) is 4.04. The zero-order valence-electron chi connectivity index (χ0n) is 11.4. The average molecular weight is 235 g/mol. The van der Waals surface area contributed by atoms with E-state index < -0.39 is 6.43 Å². The molecule has 0 aromatic rings. The molecule has 0 bridgehead atoms. The van der Waals surface area contributed by atoms with Crippen molar-refractivity contribution in [1.82, 2.24) is 4.90 Å². The van der Waals surface area contributed by atoms with Crippen molar-refractivity contribution in [1.29, 1.82) is 0 Å². The Hall–Kier alpha value is -0.180. The van der Waals surface area contributed by atoms with E-state index in [9.17, 15) is 8.78 Å². The van der Waals surface area contributed by atoms with Crippen molar-refractivity contribution in [3.05, 3.63) is 0 Å². The van der Waals surface area contributed by atoms with Gasteiger partial charge in [-0.3, -0.25) is 4.90 Å². The van der Waals surface area contributed by atoms with Gasteiger partial charge in [-0.25, -0.2) is 8.78 Å². The van der Waals surface area contributed by atoms with E-state index in [1.165, 1.54) is 0 Å². The maximum Gasteiger partial charge on any atom is 0.251 e. The van der Waals surface area contributed by atoms with Crippen molar-refractivity contribution < 1.29 is 8.78 Å². The highest BCUT2D eigenvalue weighted by atomic mass is 19.3. The van der Waals surface area contributed by atoms with Gasteiger partial charge >= 0.3 is 0 Å². The van der Waals surface area contributed by atoms with Gasteiger partial charge in [0.15, 0.2) is 0 Å². The molecule has 0 amide bonds. The van der Waals surface area contributed by atoms with Crippen LogP contribution in [-0.2, 0) is 0 Å². The molecule has 1 aliphatic heterocycles. The van der Waals surface area contributed by atoms with Gasteiger partial charge in [0, 0.05) is 0 Å². The zero-order chi connectivity index (χ0) is 12.8. The van der Waals surface area contributed by atoms with Crippen molar-refractivity contribution >= 4 is 0 Å². The minimum atomic E-state index is -2.18. The summed E-state index contributed by atoms with van der Waals surface area (Å²) in [5, 5.41) is 0. The average Bonchev–Trinajstić information content (AvgIpc) is 2.24. The van der Waals surface area contributed by atoms with Gasteiger partial charge in [0.2, 0.25) is 0 Å². The smallest absolute Gasteiger partial charge is 0.251 e. The van der Waals surface area contributed by atoms with Crippen molar-refractivity contribution in [3.8, 4) is 0 Å². The molecule has 16 heavy (non-hydrogen) atoms. The lowest BCUT2D eigenvalue weighted by Gasteiger charge is -2.42. The molecule has 3 heteroatoms. The summed E-state index contributed by atoms with van der Waals surface area (Å²) in [4.78, 5) is 1.88. The van der Waals surface area contributed by atoms with Crippen LogP contribution in [-0.4, -0.2) is 31.0 Å². The predicted molar refractivity (Wildman–Crippen MR) is 66.0 cm³/mol. The number of piperidine rings is 1. The van der Waals surface area contributed by atoms with Crippen LogP contribution in [0.25, 0.3) is 0 Å². The molecule has 0 unspecified atom stereocenters. The molecule has 0 aromatic carbocycles. The van der Waals surface area contributed by atoms with Gasteiger partial charge in [-0.1, -0.05) is 34.6 Å². The summed E-state index contributed by atoms with van der Waals surface area (Å²) in [7, 11) is 0. The third-order valence-electron chi connectivity index (χ3n) is 3.79. The number of hydrogen-bond acceptors (Lipinski definition) is 1. The highest BCUT2D eigenvalue weighted by molar-refractivity contribution is 4.84. The first-order valence-electron chi connectivity index (χ1n) is 6.44. The van der Waals surface area contributed by atoms with Crippen LogP contribution in [0.2, 0.25) is 0 Å². The Morgan fingerprint density at radius 3 is 1.88 bits per heavy atom. The van der Waals surface area contributed by atoms with Crippen molar-refractivity contribution in [2.75, 3.05) is 19.6 Å². The van der Waals surface area contributed by atoms with Gasteiger partial charge in [-0.2, -0.15) is 0 Å². The number of alkyl halides is 2. The Kier molecular flexibility index (Phi) is 7.12. The lowest BCUT2D eigenvalue weighted by Crippen LogP contribution is -2.42. The molecule has 98 valence electrons. The summed E-state index contributed by atoms with van der Waals surface area (Å²) in [6, 6.07) is 0. The van der Waals surface area contributed by atoms with Crippen molar-refractivity contribution in [2.45, 2.75) is 53.9 Å². The van der Waals surface area contributed by atoms with Gasteiger partial charge in [0.25, 0.3) is 6.43 Å². The first kappa shape index (κ1) is 15.8. The molecule has 1 heterocycles. The van der Waals surface area contributed by atoms with E-state index in [4.69, 9.17) is 0 Å². The van der Waals surface area contributed by atoms with E-state index in [0.29, 0.717) is 11.3 Å². The highest BCUT2D eigenvalue weighted by Gasteiger charge is 2.33. The molecule has 0 saturated carbocycles. The molecular formula is C13H27F2N. The summed E-state index contributed by atoms with van der Waals surface area (Å²) in [6.45, 7) is 12.3. The third-order valence-corrected chi connectivity index (χ3v) is 3.79. The molecule has 1 fully saturated rings. The van der Waals surface area contributed by atoms with E-state index in [-0.39, 0.29) is 6.54 Å². The SMILES string of the molecule is CC.CC(C)C1(C)CCN(CC(F)F)CC1. The molecule has 0 aromatic heterocycles. The molecular weight excluding hydrogens is 208 g/mol. The second-order valence-electron chi connectivity index (χ2n) is 5.00. The Labute approximate surface area is 99.2 Å². The van der Waals surface area contributed by atoms with E-state index >= 15 is 0 Å². The molecule has 0 aliphatic carbocycles. The molecule has 0 radical (unpaired) electrons. The maximum atomic E-state index is 12.1. The molecule has 1 saturated heterocycles. The third kappa shape index (κ3) is 4.77. The maximum absolute atomic E-state index is 12.1. The summed E-state index contributed by atoms with van der Waals surface area (Å²) >= 11 is 0. The van der Waals surface area contributed by atoms with Gasteiger partial charge in [-0.05, 0) is 37.3 Å². The van der Waals surface area contributed by atoms with E-state index in [0.717, 1.165) is 25.9 Å². The van der Waals surface area contributed by atoms with Crippen LogP contribution in [0.4, 0.5) is 8.78 Å². The molecule has 1 nitrogen and oxygen atoms in total. The zero-order valence-corrected chi connectivity index (χ0v) is 11.4. The Morgan fingerprint density at radius 2 is 1.56 bits per heavy atom. The van der Waals surface area contributed by atoms with Gasteiger partial charge in [0.1, 0.15) is 0 Å². The molecule has 0 spiro atoms. The number of rotatable bonds is 3. The fourth-order valence-corrected chi connectivity index (χ4v) is 2.02. The Balaban J connectivity index is 0.00000106. The standard InChI is InChI=1S/C11H21F2N.C2H6/c1-9(2)11(3)4-6-14(7-5-11)8-10(12)13;1-2/h9-10H,4-8H2,1-3H3;1-2H3. The number of likely N-dealkylation sites (tertiary alicyclic amines) is 1. The van der Waals surface area contributed by atoms with Gasteiger partial charge in [-0.15, -0.1) is 0 Å². The largest absolute Gasteiger partial charge is 0.298 e. The molecule has 1 aliphatic rings. The monoisotopic (exact) mass is 235 g/mol. The van der Waals surface area contributed by atoms with Crippen molar-refractivity contribution in [2.24, 2.45) is 11.3 Å². The summed E-state index contributed by atoms with van der Waals surface area (Å²) in [5.41, 5.74) is 0.360. The minimum absolute atomic E-state index is 0.0474. The summed E-state index contributed by atoms with van der Waals surface area (Å²) in [6.07, 6.45) is -0.0761. The van der Waals surface area contributed by atoms with Crippen LogP contribution in [0, 0.1) is 11.3 Å². The number of halogens is 2. The first-order chi connectivity index (χ1) is 7.44. The lowest BCUT2D eigenvalue weighted by molar-refractivity contribution is 0.0328. The minimum Gasteiger partial charge on any atom is -0.298 e. The second-order valence-corrected chi connectivity index (χ2v) is 5.00. The Morgan fingerprint density at radius 1 is 1.12 bits per heavy atom. The highest BCUT2D eigenvalue weighted by Crippen LogP contribution is 2.37. The van der Waals surface area contributed by atoms with Crippen LogP contribution in [0.1, 0.15) is 47.5 Å². The lowest BCUT2D eigenvalue weighted by atomic mass is 9.72. The van der Waals surface area contributed by atoms with Crippen LogP contribution in [0.3, 0.4) is 0 Å². The van der Waals surface area contributed by atoms with Crippen molar-refractivity contribution in [3.63, 3.8) is 0 Å².